The predicted octanol–water partition coefficient (Wildman–Crippen LogP) is 3.91. The van der Waals surface area contributed by atoms with E-state index in [9.17, 15) is 13.2 Å². The van der Waals surface area contributed by atoms with Gasteiger partial charge in [0.1, 0.15) is 0 Å². The minimum absolute atomic E-state index is 0.0728. The Balaban J connectivity index is 2.25. The van der Waals surface area contributed by atoms with Gasteiger partial charge >= 0.3 is 6.18 Å². The van der Waals surface area contributed by atoms with Crippen LogP contribution in [0.3, 0.4) is 0 Å². The molecule has 0 fully saturated rings. The number of aliphatic hydroxyl groups is 1. The Bertz CT molecular complexity index is 689. The summed E-state index contributed by atoms with van der Waals surface area (Å²) in [6.45, 7) is 1.82. The van der Waals surface area contributed by atoms with Crippen molar-refractivity contribution in [2.24, 2.45) is 0 Å². The molecule has 0 spiro atoms. The molecular formula is C17H13F3O. The summed E-state index contributed by atoms with van der Waals surface area (Å²) in [7, 11) is 0. The quantitative estimate of drug-likeness (QED) is 0.790. The molecule has 4 heteroatoms. The van der Waals surface area contributed by atoms with Crippen molar-refractivity contribution in [1.82, 2.24) is 0 Å². The third-order valence-electron chi connectivity index (χ3n) is 2.88. The first-order valence-electron chi connectivity index (χ1n) is 6.29. The van der Waals surface area contributed by atoms with Crippen LogP contribution < -0.4 is 0 Å². The summed E-state index contributed by atoms with van der Waals surface area (Å²) < 4.78 is 37.3. The number of halogens is 3. The zero-order valence-electron chi connectivity index (χ0n) is 11.3. The summed E-state index contributed by atoms with van der Waals surface area (Å²) in [5.41, 5.74) is 2.27. The van der Waals surface area contributed by atoms with Gasteiger partial charge < -0.3 is 5.11 Å². The summed E-state index contributed by atoms with van der Waals surface area (Å²) in [4.78, 5) is 0. The van der Waals surface area contributed by atoms with Gasteiger partial charge in [-0.15, -0.1) is 0 Å². The number of aryl methyl sites for hydroxylation is 1. The van der Waals surface area contributed by atoms with Crippen LogP contribution in [0.4, 0.5) is 13.2 Å². The third kappa shape index (κ3) is 4.11. The van der Waals surface area contributed by atoms with Gasteiger partial charge in [0.2, 0.25) is 0 Å². The average molecular weight is 290 g/mol. The van der Waals surface area contributed by atoms with Crippen molar-refractivity contribution in [1.29, 1.82) is 0 Å². The molecule has 108 valence electrons. The predicted molar refractivity (Wildman–Crippen MR) is 74.5 cm³/mol. The Hall–Kier alpha value is -2.25. The van der Waals surface area contributed by atoms with Crippen LogP contribution in [0.15, 0.2) is 42.5 Å². The molecule has 0 aliphatic heterocycles. The molecule has 1 nitrogen and oxygen atoms in total. The van der Waals surface area contributed by atoms with Crippen molar-refractivity contribution in [2.45, 2.75) is 19.7 Å². The van der Waals surface area contributed by atoms with E-state index in [1.54, 1.807) is 6.07 Å². The summed E-state index contributed by atoms with van der Waals surface area (Å²) in [6, 6.07) is 10.2. The highest BCUT2D eigenvalue weighted by molar-refractivity contribution is 5.46. The van der Waals surface area contributed by atoms with Crippen LogP contribution in [0, 0.1) is 18.8 Å². The molecule has 2 aromatic carbocycles. The van der Waals surface area contributed by atoms with Crippen LogP contribution in [0.1, 0.15) is 27.8 Å². The molecule has 0 aromatic heterocycles. The maximum Gasteiger partial charge on any atom is 0.416 e. The Morgan fingerprint density at radius 2 is 1.57 bits per heavy atom. The molecular weight excluding hydrogens is 277 g/mol. The van der Waals surface area contributed by atoms with Crippen molar-refractivity contribution in [3.8, 4) is 11.8 Å². The van der Waals surface area contributed by atoms with Gasteiger partial charge in [-0.1, -0.05) is 17.9 Å². The zero-order valence-corrected chi connectivity index (χ0v) is 11.3. The average Bonchev–Trinajstić information content (AvgIpc) is 2.44. The second-order valence-corrected chi connectivity index (χ2v) is 4.69. The van der Waals surface area contributed by atoms with Gasteiger partial charge in [-0.2, -0.15) is 13.2 Å². The van der Waals surface area contributed by atoms with Crippen LogP contribution >= 0.6 is 0 Å². The first kappa shape index (κ1) is 15.1. The first-order chi connectivity index (χ1) is 9.88. The molecule has 0 saturated carbocycles. The van der Waals surface area contributed by atoms with Gasteiger partial charge in [-0.05, 0) is 54.4 Å². The second-order valence-electron chi connectivity index (χ2n) is 4.69. The molecule has 1 N–H and O–H groups in total. The van der Waals surface area contributed by atoms with Crippen LogP contribution in [0.25, 0.3) is 0 Å². The Kier molecular flexibility index (Phi) is 4.35. The molecule has 0 aliphatic rings. The summed E-state index contributed by atoms with van der Waals surface area (Å²) in [5, 5.41) is 9.12. The van der Waals surface area contributed by atoms with Gasteiger partial charge in [0.25, 0.3) is 0 Å². The molecule has 0 amide bonds. The number of aliphatic hydroxyl groups excluding tert-OH is 1. The summed E-state index contributed by atoms with van der Waals surface area (Å²) in [5.74, 6) is 5.71. The Morgan fingerprint density at radius 1 is 0.952 bits per heavy atom. The maximum absolute atomic E-state index is 12.4. The fourth-order valence-electron chi connectivity index (χ4n) is 1.91. The summed E-state index contributed by atoms with van der Waals surface area (Å²) in [6.07, 6.45) is -4.33. The molecule has 0 saturated heterocycles. The number of benzene rings is 2. The van der Waals surface area contributed by atoms with Crippen LogP contribution in [-0.2, 0) is 12.8 Å². The van der Waals surface area contributed by atoms with Gasteiger partial charge in [0.05, 0.1) is 12.2 Å². The van der Waals surface area contributed by atoms with Crippen LogP contribution in [0.5, 0.6) is 0 Å². The van der Waals surface area contributed by atoms with Gasteiger partial charge in [-0.3, -0.25) is 0 Å². The van der Waals surface area contributed by atoms with Crippen molar-refractivity contribution in [3.63, 3.8) is 0 Å². The second kappa shape index (κ2) is 6.02. The largest absolute Gasteiger partial charge is 0.416 e. The van der Waals surface area contributed by atoms with E-state index in [1.165, 1.54) is 12.1 Å². The fraction of sp³-hybridized carbons (Fsp3) is 0.176. The van der Waals surface area contributed by atoms with Crippen LogP contribution in [0.2, 0.25) is 0 Å². The lowest BCUT2D eigenvalue weighted by atomic mass is 10.1. The van der Waals surface area contributed by atoms with Crippen molar-refractivity contribution in [3.05, 3.63) is 70.3 Å². The highest BCUT2D eigenvalue weighted by atomic mass is 19.4. The molecule has 0 radical (unpaired) electrons. The lowest BCUT2D eigenvalue weighted by Crippen LogP contribution is -2.04. The highest BCUT2D eigenvalue weighted by Crippen LogP contribution is 2.28. The summed E-state index contributed by atoms with van der Waals surface area (Å²) >= 11 is 0. The lowest BCUT2D eigenvalue weighted by molar-refractivity contribution is -0.137. The number of rotatable bonds is 1. The maximum atomic E-state index is 12.4. The van der Waals surface area contributed by atoms with Crippen molar-refractivity contribution >= 4 is 0 Å². The molecule has 0 unspecified atom stereocenters. The topological polar surface area (TPSA) is 20.2 Å². The molecule has 2 aromatic rings. The number of hydrogen-bond donors (Lipinski definition) is 1. The normalized spacial score (nSPS) is 10.9. The highest BCUT2D eigenvalue weighted by Gasteiger charge is 2.29. The molecule has 0 atom stereocenters. The number of alkyl halides is 3. The molecule has 0 aliphatic carbocycles. The van der Waals surface area contributed by atoms with E-state index in [1.807, 2.05) is 19.1 Å². The molecule has 0 bridgehead atoms. The minimum Gasteiger partial charge on any atom is -0.392 e. The van der Waals surface area contributed by atoms with Gasteiger partial charge in [0.15, 0.2) is 0 Å². The van der Waals surface area contributed by atoms with E-state index < -0.39 is 11.7 Å². The van der Waals surface area contributed by atoms with E-state index in [0.717, 1.165) is 28.8 Å². The molecule has 0 heterocycles. The molecule has 21 heavy (non-hydrogen) atoms. The lowest BCUT2D eigenvalue weighted by Gasteiger charge is -2.05. The van der Waals surface area contributed by atoms with E-state index in [-0.39, 0.29) is 6.61 Å². The minimum atomic E-state index is -4.33. The van der Waals surface area contributed by atoms with Crippen molar-refractivity contribution < 1.29 is 18.3 Å². The standard InChI is InChI=1S/C17H13F3O/c1-12-8-14(10-15(9-12)11-21)3-2-13-4-6-16(7-5-13)17(18,19)20/h4-10,21H,11H2,1H3. The van der Waals surface area contributed by atoms with Gasteiger partial charge in [-0.25, -0.2) is 0 Å². The fourth-order valence-corrected chi connectivity index (χ4v) is 1.91. The van der Waals surface area contributed by atoms with Crippen molar-refractivity contribution in [2.75, 3.05) is 0 Å². The molecule has 2 rings (SSSR count). The van der Waals surface area contributed by atoms with E-state index in [0.29, 0.717) is 5.56 Å². The Morgan fingerprint density at radius 3 is 2.14 bits per heavy atom. The zero-order chi connectivity index (χ0) is 15.5. The monoisotopic (exact) mass is 290 g/mol. The van der Waals surface area contributed by atoms with E-state index in [2.05, 4.69) is 11.8 Å². The SMILES string of the molecule is Cc1cc(C#Cc2ccc(C(F)(F)F)cc2)cc(CO)c1. The Labute approximate surface area is 121 Å². The van der Waals surface area contributed by atoms with E-state index in [4.69, 9.17) is 5.11 Å². The first-order valence-corrected chi connectivity index (χ1v) is 6.29. The third-order valence-corrected chi connectivity index (χ3v) is 2.88. The van der Waals surface area contributed by atoms with Crippen LogP contribution in [-0.4, -0.2) is 5.11 Å². The number of hydrogen-bond acceptors (Lipinski definition) is 1. The smallest absolute Gasteiger partial charge is 0.392 e. The van der Waals surface area contributed by atoms with Gasteiger partial charge in [0, 0.05) is 11.1 Å². The van der Waals surface area contributed by atoms with E-state index >= 15 is 0 Å².